The third-order valence-corrected chi connectivity index (χ3v) is 7.66. The van der Waals surface area contributed by atoms with Crippen molar-refractivity contribution < 1.29 is 19.5 Å². The molecule has 27 heavy (non-hydrogen) atoms. The van der Waals surface area contributed by atoms with Crippen LogP contribution >= 0.6 is 23.5 Å². The summed E-state index contributed by atoms with van der Waals surface area (Å²) < 4.78 is 0. The van der Waals surface area contributed by atoms with Gasteiger partial charge in [-0.25, -0.2) is 0 Å². The maximum absolute atomic E-state index is 13.0. The number of ketones is 2. The van der Waals surface area contributed by atoms with Gasteiger partial charge in [-0.2, -0.15) is 0 Å². The molecule has 8 heteroatoms. The van der Waals surface area contributed by atoms with Crippen LogP contribution in [-0.2, 0) is 14.4 Å². The van der Waals surface area contributed by atoms with Crippen LogP contribution in [0.3, 0.4) is 0 Å². The molecule has 142 valence electrons. The van der Waals surface area contributed by atoms with Crippen LogP contribution in [0.2, 0.25) is 0 Å². The summed E-state index contributed by atoms with van der Waals surface area (Å²) in [5.74, 6) is -0.192. The number of thioether (sulfide) groups is 2. The van der Waals surface area contributed by atoms with Crippen molar-refractivity contribution in [3.63, 3.8) is 0 Å². The fourth-order valence-corrected chi connectivity index (χ4v) is 6.20. The van der Waals surface area contributed by atoms with Crippen LogP contribution in [0.25, 0.3) is 6.08 Å². The van der Waals surface area contributed by atoms with Crippen molar-refractivity contribution in [2.75, 3.05) is 11.8 Å². The molecule has 5 atom stereocenters. The average Bonchev–Trinajstić information content (AvgIpc) is 3.40. The first-order chi connectivity index (χ1) is 13.1. The van der Waals surface area contributed by atoms with Crippen LogP contribution in [-0.4, -0.2) is 57.0 Å². The van der Waals surface area contributed by atoms with Gasteiger partial charge in [0.1, 0.15) is 11.8 Å². The van der Waals surface area contributed by atoms with E-state index in [2.05, 4.69) is 10.6 Å². The second-order valence-corrected chi connectivity index (χ2v) is 9.09. The van der Waals surface area contributed by atoms with E-state index in [-0.39, 0.29) is 17.5 Å². The number of aliphatic carboxylic acids is 1. The lowest BCUT2D eigenvalue weighted by atomic mass is 9.91. The summed E-state index contributed by atoms with van der Waals surface area (Å²) >= 11 is 2.74. The maximum atomic E-state index is 13.0. The molecule has 0 aromatic heterocycles. The predicted molar refractivity (Wildman–Crippen MR) is 107 cm³/mol. The molecule has 2 fully saturated rings. The largest absolute Gasteiger partial charge is 0.480 e. The van der Waals surface area contributed by atoms with Gasteiger partial charge >= 0.3 is 5.97 Å². The van der Waals surface area contributed by atoms with Crippen LogP contribution in [0.15, 0.2) is 30.3 Å². The number of carboxylic acid groups (broad SMARTS) is 1. The molecular weight excluding hydrogens is 384 g/mol. The zero-order chi connectivity index (χ0) is 19.0. The lowest BCUT2D eigenvalue weighted by Gasteiger charge is -2.22. The fraction of sp³-hybridized carbons (Fsp3) is 0.421. The highest BCUT2D eigenvalue weighted by Crippen LogP contribution is 2.36. The Hall–Kier alpha value is -1.61. The molecule has 1 aromatic carbocycles. The van der Waals surface area contributed by atoms with Gasteiger partial charge in [-0.3, -0.25) is 25.0 Å². The molecule has 2 aliphatic heterocycles. The molecule has 3 aliphatic rings. The second-order valence-electron chi connectivity index (χ2n) is 6.83. The summed E-state index contributed by atoms with van der Waals surface area (Å²) in [4.78, 5) is 37.3. The maximum Gasteiger partial charge on any atom is 0.322 e. The van der Waals surface area contributed by atoms with Crippen molar-refractivity contribution in [2.45, 2.75) is 34.9 Å². The van der Waals surface area contributed by atoms with Crippen LogP contribution in [0.4, 0.5) is 0 Å². The highest BCUT2D eigenvalue weighted by molar-refractivity contribution is 8.01. The third-order valence-electron chi connectivity index (χ3n) is 5.23. The normalized spacial score (nSPS) is 31.8. The summed E-state index contributed by atoms with van der Waals surface area (Å²) in [6.07, 6.45) is 4.44. The third kappa shape index (κ3) is 3.59. The molecule has 1 aliphatic carbocycles. The Morgan fingerprint density at radius 3 is 2.52 bits per heavy atom. The van der Waals surface area contributed by atoms with Crippen LogP contribution in [0.1, 0.15) is 23.5 Å². The molecular formula is C19H20N2O4S2. The minimum atomic E-state index is -1.03. The first-order valence-electron chi connectivity index (χ1n) is 8.82. The highest BCUT2D eigenvalue weighted by Gasteiger charge is 2.46. The van der Waals surface area contributed by atoms with Crippen molar-refractivity contribution in [1.29, 1.82) is 0 Å². The van der Waals surface area contributed by atoms with Crippen molar-refractivity contribution in [3.8, 4) is 0 Å². The number of carbonyl (C=O) groups is 3. The molecule has 0 spiro atoms. The van der Waals surface area contributed by atoms with Crippen molar-refractivity contribution in [3.05, 3.63) is 41.5 Å². The second kappa shape index (κ2) is 7.79. The SMILES string of the molecule is O=C(CC1C=Cc2ccccc21)C1SCN[C@@H]1C(=O)C1SCN[C@@H]1C(=O)O. The van der Waals surface area contributed by atoms with Gasteiger partial charge in [0.25, 0.3) is 0 Å². The van der Waals surface area contributed by atoms with Crippen LogP contribution in [0, 0.1) is 0 Å². The van der Waals surface area contributed by atoms with Crippen LogP contribution in [0.5, 0.6) is 0 Å². The van der Waals surface area contributed by atoms with E-state index in [4.69, 9.17) is 0 Å². The molecule has 6 nitrogen and oxygen atoms in total. The zero-order valence-corrected chi connectivity index (χ0v) is 16.1. The van der Waals surface area contributed by atoms with E-state index in [1.165, 1.54) is 23.5 Å². The molecule has 1 aromatic rings. The smallest absolute Gasteiger partial charge is 0.322 e. The number of carbonyl (C=O) groups excluding carboxylic acids is 2. The molecule has 2 saturated heterocycles. The van der Waals surface area contributed by atoms with E-state index < -0.39 is 28.6 Å². The predicted octanol–water partition coefficient (Wildman–Crippen LogP) is 1.47. The number of Topliss-reactive ketones (excluding diaryl/α,β-unsaturated/α-hetero) is 2. The molecule has 0 bridgehead atoms. The summed E-state index contributed by atoms with van der Waals surface area (Å²) in [6, 6.07) is 6.50. The van der Waals surface area contributed by atoms with E-state index in [0.29, 0.717) is 18.2 Å². The van der Waals surface area contributed by atoms with E-state index in [9.17, 15) is 19.5 Å². The van der Waals surface area contributed by atoms with Gasteiger partial charge in [-0.1, -0.05) is 36.4 Å². The standard InChI is InChI=1S/C19H20N2O4S2/c22-13(7-11-6-5-10-3-1-2-4-12(10)11)17-14(20-8-26-17)16(23)18-15(19(24)25)21-9-27-18/h1-6,11,14-15,17-18,20-21H,7-9H2,(H,24,25)/t11?,14-,15+,17?,18?/m1/s1. The Labute approximate surface area is 165 Å². The zero-order valence-electron chi connectivity index (χ0n) is 14.5. The Kier molecular flexibility index (Phi) is 5.41. The molecule has 0 amide bonds. The number of hydrogen-bond acceptors (Lipinski definition) is 7. The van der Waals surface area contributed by atoms with E-state index in [1.54, 1.807) is 0 Å². The monoisotopic (exact) mass is 404 g/mol. The van der Waals surface area contributed by atoms with Gasteiger partial charge in [0, 0.05) is 24.1 Å². The number of rotatable bonds is 6. The minimum Gasteiger partial charge on any atom is -0.480 e. The molecule has 2 heterocycles. The number of hydrogen-bond donors (Lipinski definition) is 3. The van der Waals surface area contributed by atoms with Crippen molar-refractivity contribution in [2.24, 2.45) is 0 Å². The quantitative estimate of drug-likeness (QED) is 0.656. The lowest BCUT2D eigenvalue weighted by Crippen LogP contribution is -2.51. The number of allylic oxidation sites excluding steroid dienone is 1. The first-order valence-corrected chi connectivity index (χ1v) is 10.9. The molecule has 0 radical (unpaired) electrons. The van der Waals surface area contributed by atoms with Gasteiger partial charge in [0.2, 0.25) is 0 Å². The molecule has 4 rings (SSSR count). The fourth-order valence-electron chi connectivity index (χ4n) is 3.87. The number of fused-ring (bicyclic) bond motifs is 1. The van der Waals surface area contributed by atoms with Gasteiger partial charge in [-0.15, -0.1) is 23.5 Å². The van der Waals surface area contributed by atoms with Crippen molar-refractivity contribution in [1.82, 2.24) is 10.6 Å². The van der Waals surface area contributed by atoms with E-state index in [1.807, 2.05) is 36.4 Å². The summed E-state index contributed by atoms with van der Waals surface area (Å²) in [5.41, 5.74) is 2.28. The number of carboxylic acids is 1. The summed E-state index contributed by atoms with van der Waals surface area (Å²) in [5, 5.41) is 14.1. The molecule has 3 unspecified atom stereocenters. The minimum absolute atomic E-state index is 0.0394. The Balaban J connectivity index is 1.45. The Bertz CT molecular complexity index is 813. The van der Waals surface area contributed by atoms with Crippen LogP contribution < -0.4 is 10.6 Å². The topological polar surface area (TPSA) is 95.5 Å². The Morgan fingerprint density at radius 2 is 1.74 bits per heavy atom. The molecule has 3 N–H and O–H groups in total. The van der Waals surface area contributed by atoms with E-state index >= 15 is 0 Å². The van der Waals surface area contributed by atoms with E-state index in [0.717, 1.165) is 11.1 Å². The van der Waals surface area contributed by atoms with Gasteiger partial charge in [-0.05, 0) is 11.1 Å². The summed E-state index contributed by atoms with van der Waals surface area (Å²) in [6.45, 7) is 0. The molecule has 0 saturated carbocycles. The van der Waals surface area contributed by atoms with Crippen molar-refractivity contribution >= 4 is 47.1 Å². The average molecular weight is 405 g/mol. The number of benzene rings is 1. The van der Waals surface area contributed by atoms with Gasteiger partial charge < -0.3 is 5.11 Å². The first kappa shape index (κ1) is 18.7. The lowest BCUT2D eigenvalue weighted by molar-refractivity contribution is -0.140. The van der Waals surface area contributed by atoms with Gasteiger partial charge in [0.15, 0.2) is 5.78 Å². The summed E-state index contributed by atoms with van der Waals surface area (Å²) in [7, 11) is 0. The Morgan fingerprint density at radius 1 is 1.04 bits per heavy atom. The number of nitrogens with one attached hydrogen (secondary N) is 2. The highest BCUT2D eigenvalue weighted by atomic mass is 32.2. The van der Waals surface area contributed by atoms with Gasteiger partial charge in [0.05, 0.1) is 16.5 Å².